The second kappa shape index (κ2) is 9.13. The summed E-state index contributed by atoms with van der Waals surface area (Å²) in [5, 5.41) is 5.54. The van der Waals surface area contributed by atoms with Gasteiger partial charge in [-0.25, -0.2) is 17.7 Å². The van der Waals surface area contributed by atoms with Crippen molar-refractivity contribution in [3.63, 3.8) is 0 Å². The van der Waals surface area contributed by atoms with Crippen molar-refractivity contribution < 1.29 is 13.2 Å². The van der Waals surface area contributed by atoms with Gasteiger partial charge in [0.2, 0.25) is 5.91 Å². The number of benzene rings is 2. The number of nitrogens with zero attached hydrogens (tertiary/aromatic N) is 2. The minimum absolute atomic E-state index is 0.0804. The van der Waals surface area contributed by atoms with Crippen LogP contribution in [0, 0.1) is 0 Å². The Kier molecular flexibility index (Phi) is 6.79. The van der Waals surface area contributed by atoms with Gasteiger partial charge in [-0.2, -0.15) is 0 Å². The highest BCUT2D eigenvalue weighted by molar-refractivity contribution is 7.93. The predicted octanol–water partition coefficient (Wildman–Crippen LogP) is 4.52. The summed E-state index contributed by atoms with van der Waals surface area (Å²) in [6.45, 7) is 1.34. The molecule has 0 radical (unpaired) electrons. The van der Waals surface area contributed by atoms with Crippen molar-refractivity contribution in [1.82, 2.24) is 10.3 Å². The Hall–Kier alpha value is -2.13. The van der Waals surface area contributed by atoms with Gasteiger partial charge in [0.25, 0.3) is 10.0 Å². The Labute approximate surface area is 183 Å². The van der Waals surface area contributed by atoms with E-state index < -0.39 is 28.5 Å². The van der Waals surface area contributed by atoms with Crippen LogP contribution in [0.4, 0.5) is 5.13 Å². The number of rotatable bonds is 7. The second-order valence-corrected chi connectivity index (χ2v) is 9.67. The molecule has 1 aromatic heterocycles. The van der Waals surface area contributed by atoms with Crippen molar-refractivity contribution in [2.75, 3.05) is 10.8 Å². The van der Waals surface area contributed by atoms with Crippen LogP contribution in [0.2, 0.25) is 10.0 Å². The molecule has 1 unspecified atom stereocenters. The van der Waals surface area contributed by atoms with Crippen molar-refractivity contribution in [2.45, 2.75) is 17.9 Å². The Morgan fingerprint density at radius 1 is 1.21 bits per heavy atom. The number of nitrogens with one attached hydrogen (secondary N) is 1. The first kappa shape index (κ1) is 21.6. The molecule has 6 nitrogen and oxygen atoms in total. The van der Waals surface area contributed by atoms with E-state index >= 15 is 0 Å². The van der Waals surface area contributed by atoms with Crippen molar-refractivity contribution >= 4 is 55.6 Å². The fourth-order valence-electron chi connectivity index (χ4n) is 2.66. The fraction of sp³-hybridized carbons (Fsp3) is 0.158. The summed E-state index contributed by atoms with van der Waals surface area (Å²) < 4.78 is 27.2. The third-order valence-electron chi connectivity index (χ3n) is 4.06. The Morgan fingerprint density at radius 2 is 1.93 bits per heavy atom. The lowest BCUT2D eigenvalue weighted by Crippen LogP contribution is -2.41. The molecule has 0 aliphatic heterocycles. The minimum Gasteiger partial charge on any atom is -0.348 e. The molecule has 0 aliphatic rings. The van der Waals surface area contributed by atoms with Gasteiger partial charge in [0, 0.05) is 21.6 Å². The van der Waals surface area contributed by atoms with Crippen LogP contribution in [0.25, 0.3) is 0 Å². The monoisotopic (exact) mass is 469 g/mol. The number of hydrogen-bond donors (Lipinski definition) is 1. The van der Waals surface area contributed by atoms with E-state index in [1.54, 1.807) is 48.7 Å². The number of aromatic nitrogens is 1. The zero-order chi connectivity index (χ0) is 21.0. The van der Waals surface area contributed by atoms with E-state index in [1.807, 2.05) is 0 Å². The molecule has 0 saturated heterocycles. The summed E-state index contributed by atoms with van der Waals surface area (Å²) in [5.74, 6) is -0.488. The molecule has 152 valence electrons. The molecular formula is C19H17Cl2N3O3S2. The van der Waals surface area contributed by atoms with Crippen molar-refractivity contribution in [1.29, 1.82) is 0 Å². The summed E-state index contributed by atoms with van der Waals surface area (Å²) >= 11 is 13.2. The average molecular weight is 470 g/mol. The summed E-state index contributed by atoms with van der Waals surface area (Å²) in [5.41, 5.74) is 0.677. The highest BCUT2D eigenvalue weighted by Gasteiger charge is 2.29. The molecule has 1 N–H and O–H groups in total. The molecule has 1 atom stereocenters. The first-order valence-corrected chi connectivity index (χ1v) is 11.6. The molecule has 0 spiro atoms. The number of amides is 1. The number of carbonyl (C=O) groups is 1. The maximum atomic E-state index is 13.1. The van der Waals surface area contributed by atoms with Crippen LogP contribution < -0.4 is 9.62 Å². The van der Waals surface area contributed by atoms with Crippen molar-refractivity contribution in [3.8, 4) is 0 Å². The van der Waals surface area contributed by atoms with E-state index in [9.17, 15) is 13.2 Å². The molecule has 0 aliphatic carbocycles. The molecule has 1 heterocycles. The van der Waals surface area contributed by atoms with Crippen LogP contribution in [-0.2, 0) is 14.8 Å². The third kappa shape index (κ3) is 5.08. The molecular weight excluding hydrogens is 453 g/mol. The highest BCUT2D eigenvalue weighted by Crippen LogP contribution is 2.27. The van der Waals surface area contributed by atoms with Gasteiger partial charge in [-0.1, -0.05) is 47.5 Å². The standard InChI is InChI=1S/C19H17Cl2N3O3S2/c1-13(16-8-7-14(20)11-17(16)21)23-18(25)12-24(19-22-9-10-28-19)29(26,27)15-5-3-2-4-6-15/h2-11,13H,12H2,1H3,(H,23,25). The fourth-order valence-corrected chi connectivity index (χ4v) is 5.50. The molecule has 10 heteroatoms. The van der Waals surface area contributed by atoms with E-state index in [-0.39, 0.29) is 10.0 Å². The predicted molar refractivity (Wildman–Crippen MR) is 116 cm³/mol. The molecule has 1 amide bonds. The Morgan fingerprint density at radius 3 is 2.55 bits per heavy atom. The van der Waals surface area contributed by atoms with Crippen LogP contribution >= 0.6 is 34.5 Å². The van der Waals surface area contributed by atoms with Crippen LogP contribution in [0.1, 0.15) is 18.5 Å². The van der Waals surface area contributed by atoms with Gasteiger partial charge in [0.05, 0.1) is 10.9 Å². The minimum atomic E-state index is -3.96. The van der Waals surface area contributed by atoms with Gasteiger partial charge in [0.15, 0.2) is 5.13 Å². The highest BCUT2D eigenvalue weighted by atomic mass is 35.5. The quantitative estimate of drug-likeness (QED) is 0.551. The van der Waals surface area contributed by atoms with E-state index in [0.29, 0.717) is 15.6 Å². The SMILES string of the molecule is CC(NC(=O)CN(c1nccs1)S(=O)(=O)c1ccccc1)c1ccc(Cl)cc1Cl. The van der Waals surface area contributed by atoms with Crippen LogP contribution in [0.15, 0.2) is 65.0 Å². The first-order valence-electron chi connectivity index (χ1n) is 8.50. The summed E-state index contributed by atoms with van der Waals surface area (Å²) in [6.07, 6.45) is 1.49. The van der Waals surface area contributed by atoms with E-state index in [0.717, 1.165) is 15.6 Å². The maximum Gasteiger partial charge on any atom is 0.266 e. The smallest absolute Gasteiger partial charge is 0.266 e. The topological polar surface area (TPSA) is 79.4 Å². The molecule has 3 aromatic rings. The summed E-state index contributed by atoms with van der Waals surface area (Å²) in [4.78, 5) is 16.8. The molecule has 0 saturated carbocycles. The van der Waals surface area contributed by atoms with Crippen LogP contribution in [0.3, 0.4) is 0 Å². The Balaban J connectivity index is 1.82. The van der Waals surface area contributed by atoms with Gasteiger partial charge in [0.1, 0.15) is 6.54 Å². The van der Waals surface area contributed by atoms with Crippen LogP contribution in [-0.4, -0.2) is 25.9 Å². The van der Waals surface area contributed by atoms with Crippen LogP contribution in [0.5, 0.6) is 0 Å². The number of halogens is 2. The number of hydrogen-bond acceptors (Lipinski definition) is 5. The average Bonchev–Trinajstić information content (AvgIpc) is 3.20. The van der Waals surface area contributed by atoms with Gasteiger partial charge in [-0.15, -0.1) is 11.3 Å². The lowest BCUT2D eigenvalue weighted by molar-refractivity contribution is -0.120. The first-order chi connectivity index (χ1) is 13.8. The van der Waals surface area contributed by atoms with E-state index in [1.165, 1.54) is 18.3 Å². The number of carbonyl (C=O) groups excluding carboxylic acids is 1. The van der Waals surface area contributed by atoms with Gasteiger partial charge >= 0.3 is 0 Å². The Bertz CT molecular complexity index is 1090. The van der Waals surface area contributed by atoms with E-state index in [2.05, 4.69) is 10.3 Å². The van der Waals surface area contributed by atoms with E-state index in [4.69, 9.17) is 23.2 Å². The maximum absolute atomic E-state index is 13.1. The summed E-state index contributed by atoms with van der Waals surface area (Å²) in [6, 6.07) is 12.5. The van der Waals surface area contributed by atoms with Crippen molar-refractivity contribution in [3.05, 3.63) is 75.7 Å². The lowest BCUT2D eigenvalue weighted by atomic mass is 10.1. The normalized spacial score (nSPS) is 12.4. The molecule has 2 aromatic carbocycles. The number of sulfonamides is 1. The van der Waals surface area contributed by atoms with Gasteiger partial charge in [-0.05, 0) is 36.8 Å². The number of thiazole rings is 1. The largest absolute Gasteiger partial charge is 0.348 e. The molecule has 29 heavy (non-hydrogen) atoms. The zero-order valence-electron chi connectivity index (χ0n) is 15.2. The third-order valence-corrected chi connectivity index (χ3v) is 7.28. The molecule has 3 rings (SSSR count). The van der Waals surface area contributed by atoms with Crippen molar-refractivity contribution in [2.24, 2.45) is 0 Å². The molecule has 0 fully saturated rings. The number of anilines is 1. The molecule has 0 bridgehead atoms. The zero-order valence-corrected chi connectivity index (χ0v) is 18.4. The van der Waals surface area contributed by atoms with Gasteiger partial charge in [-0.3, -0.25) is 4.79 Å². The van der Waals surface area contributed by atoms with Gasteiger partial charge < -0.3 is 5.32 Å². The lowest BCUT2D eigenvalue weighted by Gasteiger charge is -2.23. The summed E-state index contributed by atoms with van der Waals surface area (Å²) in [7, 11) is -3.96. The second-order valence-electron chi connectivity index (χ2n) is 6.09.